The number of benzene rings is 3. The summed E-state index contributed by atoms with van der Waals surface area (Å²) in [5, 5.41) is 26.1. The number of hydrogen-bond acceptors (Lipinski definition) is 17. The molecule has 5 aromatic rings. The van der Waals surface area contributed by atoms with Gasteiger partial charge in [0.05, 0.1) is 26.4 Å². The van der Waals surface area contributed by atoms with Gasteiger partial charge in [-0.05, 0) is 47.5 Å². The monoisotopic (exact) mass is 831 g/mol. The molecule has 302 valence electrons. The normalized spacial score (nSPS) is 19.3. The number of rotatable bonds is 16. The van der Waals surface area contributed by atoms with Crippen LogP contribution in [0.5, 0.6) is 11.5 Å². The largest absolute Gasteiger partial charge is 0.484 e. The third kappa shape index (κ3) is 10.4. The molecule has 0 radical (unpaired) electrons. The van der Waals surface area contributed by atoms with E-state index < -0.39 is 83.2 Å². The zero-order valence-corrected chi connectivity index (χ0v) is 31.8. The van der Waals surface area contributed by atoms with Crippen LogP contribution in [0.2, 0.25) is 0 Å². The highest BCUT2D eigenvalue weighted by Crippen LogP contribution is 2.64. The van der Waals surface area contributed by atoms with Crippen LogP contribution in [-0.4, -0.2) is 66.3 Å². The van der Waals surface area contributed by atoms with Crippen molar-refractivity contribution in [2.45, 2.75) is 58.1 Å². The van der Waals surface area contributed by atoms with Gasteiger partial charge in [-0.1, -0.05) is 41.6 Å². The maximum absolute atomic E-state index is 13.8. The predicted molar refractivity (Wildman–Crippen MR) is 194 cm³/mol. The van der Waals surface area contributed by atoms with Gasteiger partial charge >= 0.3 is 33.3 Å². The summed E-state index contributed by atoms with van der Waals surface area (Å²) in [5.41, 5.74) is -0.230. The Labute approximate surface area is 321 Å². The van der Waals surface area contributed by atoms with E-state index >= 15 is 0 Å². The molecule has 0 aliphatic carbocycles. The van der Waals surface area contributed by atoms with Gasteiger partial charge in [0, 0.05) is 31.5 Å². The summed E-state index contributed by atoms with van der Waals surface area (Å²) in [6, 6.07) is 19.4. The number of phosphoric acid groups is 2. The first-order chi connectivity index (χ1) is 27.1. The van der Waals surface area contributed by atoms with Gasteiger partial charge in [-0.3, -0.25) is 37.1 Å². The Bertz CT molecular complexity index is 2380. The summed E-state index contributed by atoms with van der Waals surface area (Å²) >= 11 is 0. The maximum atomic E-state index is 13.8. The second-order valence-electron chi connectivity index (χ2n) is 12.4. The Morgan fingerprint density at radius 2 is 1.39 bits per heavy atom. The topological polar surface area (TPSA) is 264 Å². The molecular formula is C35H35N3O17P2. The SMILES string of the molecule is CC(=O)Oc1ccc(COP(=O)(OCc2ccc(OC(C)=O)cc2)OP(=O)(O)OC[C@H]2O[C@@H](n3ccc(=O)n(Cc4noc5ccccc45)c3=O)C(O)[C@H]2O)cc1. The van der Waals surface area contributed by atoms with Crippen LogP contribution in [0.4, 0.5) is 0 Å². The summed E-state index contributed by atoms with van der Waals surface area (Å²) in [7, 11) is -10.4. The minimum atomic E-state index is -5.40. The van der Waals surface area contributed by atoms with Gasteiger partial charge in [0.1, 0.15) is 35.5 Å². The van der Waals surface area contributed by atoms with Crippen LogP contribution in [0.3, 0.4) is 0 Å². The molecule has 1 saturated heterocycles. The van der Waals surface area contributed by atoms with Gasteiger partial charge in [0.2, 0.25) is 0 Å². The third-order valence-electron chi connectivity index (χ3n) is 8.22. The molecule has 22 heteroatoms. The second-order valence-corrected chi connectivity index (χ2v) is 15.7. The summed E-state index contributed by atoms with van der Waals surface area (Å²) in [6.45, 7) is 0.193. The van der Waals surface area contributed by atoms with E-state index in [0.717, 1.165) is 21.4 Å². The molecule has 20 nitrogen and oxygen atoms in total. The van der Waals surface area contributed by atoms with Crippen molar-refractivity contribution in [3.8, 4) is 11.5 Å². The standard InChI is InChI=1S/C35H35N3O17P2/c1-21(39)51-25-11-7-23(8-12-25)18-49-57(47,50-19-24-9-13-26(14-10-24)52-22(2)40)55-56(45,46)48-20-30-32(42)33(43)34(53-30)37-16-15-31(41)38(35(37)44)17-28-27-5-3-4-6-29(27)54-36-28/h3-16,30,32-34,42-43H,17-20H2,1-2H3,(H,45,46)/t30-,32+,33?,34-/m1/s1. The van der Waals surface area contributed by atoms with E-state index in [1.807, 2.05) is 0 Å². The summed E-state index contributed by atoms with van der Waals surface area (Å²) in [6.07, 6.45) is -5.71. The van der Waals surface area contributed by atoms with Gasteiger partial charge < -0.3 is 33.8 Å². The Morgan fingerprint density at radius 1 is 0.807 bits per heavy atom. The molecule has 1 fully saturated rings. The molecule has 2 unspecified atom stereocenters. The van der Waals surface area contributed by atoms with Gasteiger partial charge in [0.15, 0.2) is 11.8 Å². The Balaban J connectivity index is 1.14. The number of nitrogens with zero attached hydrogens (tertiary/aromatic N) is 3. The van der Waals surface area contributed by atoms with E-state index in [1.54, 1.807) is 24.3 Å². The van der Waals surface area contributed by atoms with E-state index in [2.05, 4.69) is 5.16 Å². The molecule has 6 rings (SSSR count). The fourth-order valence-corrected chi connectivity index (χ4v) is 8.12. The molecule has 3 aromatic carbocycles. The van der Waals surface area contributed by atoms with Crippen LogP contribution in [0.25, 0.3) is 11.0 Å². The number of aromatic nitrogens is 3. The molecular weight excluding hydrogens is 796 g/mol. The number of ether oxygens (including phenoxy) is 3. The first-order valence-electron chi connectivity index (χ1n) is 16.9. The molecule has 5 atom stereocenters. The maximum Gasteiger partial charge on any atom is 0.484 e. The molecule has 3 N–H and O–H groups in total. The molecule has 0 spiro atoms. The minimum Gasteiger partial charge on any atom is -0.427 e. The quantitative estimate of drug-likeness (QED) is 0.0731. The zero-order chi connectivity index (χ0) is 40.9. The third-order valence-corrected chi connectivity index (χ3v) is 11.2. The van der Waals surface area contributed by atoms with Crippen LogP contribution in [-0.2, 0) is 61.1 Å². The van der Waals surface area contributed by atoms with E-state index in [0.29, 0.717) is 22.1 Å². The molecule has 2 aromatic heterocycles. The summed E-state index contributed by atoms with van der Waals surface area (Å²) in [5.74, 6) is -0.692. The molecule has 0 bridgehead atoms. The highest BCUT2D eigenvalue weighted by Gasteiger charge is 2.46. The van der Waals surface area contributed by atoms with Crippen molar-refractivity contribution in [2.75, 3.05) is 6.61 Å². The van der Waals surface area contributed by atoms with Crippen molar-refractivity contribution in [1.29, 1.82) is 0 Å². The average molecular weight is 832 g/mol. The highest BCUT2D eigenvalue weighted by molar-refractivity contribution is 7.61. The van der Waals surface area contributed by atoms with Crippen molar-refractivity contribution < 1.29 is 70.4 Å². The Kier molecular flexibility index (Phi) is 12.8. The number of phosphoric ester groups is 2. The van der Waals surface area contributed by atoms with Crippen molar-refractivity contribution in [3.63, 3.8) is 0 Å². The van der Waals surface area contributed by atoms with Gasteiger partial charge in [-0.2, -0.15) is 4.31 Å². The number of aliphatic hydroxyl groups is 2. The predicted octanol–water partition coefficient (Wildman–Crippen LogP) is 3.34. The van der Waals surface area contributed by atoms with Gasteiger partial charge in [-0.25, -0.2) is 13.9 Å². The first-order valence-corrected chi connectivity index (χ1v) is 19.8. The first kappa shape index (κ1) is 41.5. The number of aliphatic hydroxyl groups excluding tert-OH is 2. The molecule has 57 heavy (non-hydrogen) atoms. The molecule has 0 saturated carbocycles. The van der Waals surface area contributed by atoms with Crippen molar-refractivity contribution in [1.82, 2.24) is 14.3 Å². The molecule has 0 amide bonds. The van der Waals surface area contributed by atoms with E-state index in [9.17, 15) is 43.4 Å². The van der Waals surface area contributed by atoms with E-state index in [1.165, 1.54) is 62.4 Å². The van der Waals surface area contributed by atoms with Crippen LogP contribution >= 0.6 is 15.6 Å². The van der Waals surface area contributed by atoms with Crippen molar-refractivity contribution in [2.24, 2.45) is 0 Å². The van der Waals surface area contributed by atoms with Crippen molar-refractivity contribution in [3.05, 3.63) is 123 Å². The minimum absolute atomic E-state index is 0.211. The number of hydrogen-bond donors (Lipinski definition) is 3. The van der Waals surface area contributed by atoms with E-state index in [-0.39, 0.29) is 23.7 Å². The number of para-hydroxylation sites is 1. The second kappa shape index (κ2) is 17.6. The number of fused-ring (bicyclic) bond motifs is 1. The van der Waals surface area contributed by atoms with E-state index in [4.69, 9.17) is 36.6 Å². The lowest BCUT2D eigenvalue weighted by molar-refractivity contribution is -0.132. The summed E-state index contributed by atoms with van der Waals surface area (Å²) in [4.78, 5) is 59.4. The molecule has 1 aliphatic rings. The summed E-state index contributed by atoms with van der Waals surface area (Å²) < 4.78 is 70.3. The fourth-order valence-electron chi connectivity index (χ4n) is 5.52. The Morgan fingerprint density at radius 3 is 1.96 bits per heavy atom. The Hall–Kier alpha value is -5.11. The van der Waals surface area contributed by atoms with Crippen LogP contribution in [0.15, 0.2) is 99.2 Å². The van der Waals surface area contributed by atoms with Gasteiger partial charge in [0.25, 0.3) is 5.56 Å². The smallest absolute Gasteiger partial charge is 0.427 e. The number of carbonyl (C=O) groups excluding carboxylic acids is 2. The fraction of sp³-hybridized carbons (Fsp3) is 0.286. The molecule has 3 heterocycles. The van der Waals surface area contributed by atoms with Crippen LogP contribution in [0.1, 0.15) is 36.9 Å². The number of carbonyl (C=O) groups is 2. The molecule has 1 aliphatic heterocycles. The van der Waals surface area contributed by atoms with Crippen LogP contribution in [0, 0.1) is 0 Å². The van der Waals surface area contributed by atoms with Crippen molar-refractivity contribution >= 4 is 38.6 Å². The van der Waals surface area contributed by atoms with Gasteiger partial charge in [-0.15, -0.1) is 0 Å². The highest BCUT2D eigenvalue weighted by atomic mass is 31.3. The average Bonchev–Trinajstić information content (AvgIpc) is 3.70. The van der Waals surface area contributed by atoms with Crippen LogP contribution < -0.4 is 20.7 Å². The lowest BCUT2D eigenvalue weighted by Crippen LogP contribution is -2.43. The lowest BCUT2D eigenvalue weighted by Gasteiger charge is -2.22. The number of esters is 2. The lowest BCUT2D eigenvalue weighted by atomic mass is 10.1. The zero-order valence-electron chi connectivity index (χ0n) is 30.0.